The van der Waals surface area contributed by atoms with Crippen molar-refractivity contribution in [2.24, 2.45) is 0 Å². The number of benzene rings is 1. The van der Waals surface area contributed by atoms with E-state index in [2.05, 4.69) is 23.9 Å². The number of aromatic nitrogens is 3. The minimum atomic E-state index is -0.111. The van der Waals surface area contributed by atoms with E-state index in [4.69, 9.17) is 4.74 Å². The van der Waals surface area contributed by atoms with Crippen LogP contribution in [0.3, 0.4) is 0 Å². The fourth-order valence-electron chi connectivity index (χ4n) is 2.95. The van der Waals surface area contributed by atoms with Crippen molar-refractivity contribution in [2.45, 2.75) is 26.5 Å². The van der Waals surface area contributed by atoms with Crippen LogP contribution in [-0.4, -0.2) is 40.3 Å². The van der Waals surface area contributed by atoms with Crippen molar-refractivity contribution < 1.29 is 14.6 Å². The molecule has 0 fully saturated rings. The summed E-state index contributed by atoms with van der Waals surface area (Å²) in [6, 6.07) is 9.14. The second-order valence-electron chi connectivity index (χ2n) is 6.94. The molecule has 0 amide bonds. The van der Waals surface area contributed by atoms with Crippen LogP contribution in [-0.2, 0) is 6.61 Å². The molecule has 0 radical (unpaired) electrons. The molecule has 2 aromatic heterocycles. The minimum Gasteiger partial charge on any atom is -0.507 e. The SMILES string of the molecule is CC(C)n1nccc1-c1ncccc1COc1cc(N(C)C)cc(O)c1C=O. The Balaban J connectivity index is 1.95. The standard InChI is InChI=1S/C21H24N4O3/c1-14(2)25-18(7-9-23-25)21-15(6-5-8-22-21)13-28-20-11-16(24(3)4)10-19(27)17(20)12-26/h5-12,14,27H,13H2,1-4H3. The number of phenols is 1. The van der Waals surface area contributed by atoms with Crippen molar-refractivity contribution in [3.63, 3.8) is 0 Å². The molecule has 0 aliphatic rings. The molecule has 0 saturated carbocycles. The van der Waals surface area contributed by atoms with E-state index in [0.717, 1.165) is 22.6 Å². The van der Waals surface area contributed by atoms with Crippen LogP contribution < -0.4 is 9.64 Å². The molecule has 146 valence electrons. The van der Waals surface area contributed by atoms with Crippen LogP contribution in [0.15, 0.2) is 42.7 Å². The maximum atomic E-state index is 11.4. The summed E-state index contributed by atoms with van der Waals surface area (Å²) in [5.41, 5.74) is 3.39. The van der Waals surface area contributed by atoms with Crippen LogP contribution in [0, 0.1) is 0 Å². The van der Waals surface area contributed by atoms with E-state index in [0.29, 0.717) is 12.0 Å². The maximum absolute atomic E-state index is 11.4. The highest BCUT2D eigenvalue weighted by molar-refractivity contribution is 5.85. The Morgan fingerprint density at radius 1 is 1.25 bits per heavy atom. The Morgan fingerprint density at radius 3 is 2.71 bits per heavy atom. The number of hydrogen-bond donors (Lipinski definition) is 1. The second kappa shape index (κ2) is 8.12. The van der Waals surface area contributed by atoms with Gasteiger partial charge in [-0.05, 0) is 26.0 Å². The zero-order chi connectivity index (χ0) is 20.3. The molecule has 1 aromatic carbocycles. The van der Waals surface area contributed by atoms with Crippen molar-refractivity contribution in [1.82, 2.24) is 14.8 Å². The van der Waals surface area contributed by atoms with Crippen molar-refractivity contribution in [1.29, 1.82) is 0 Å². The van der Waals surface area contributed by atoms with E-state index in [1.807, 2.05) is 41.9 Å². The van der Waals surface area contributed by atoms with Crippen LogP contribution in [0.1, 0.15) is 35.8 Å². The average molecular weight is 380 g/mol. The summed E-state index contributed by atoms with van der Waals surface area (Å²) in [7, 11) is 3.71. The van der Waals surface area contributed by atoms with Gasteiger partial charge < -0.3 is 14.7 Å². The van der Waals surface area contributed by atoms with E-state index in [9.17, 15) is 9.90 Å². The highest BCUT2D eigenvalue weighted by Gasteiger charge is 2.16. The number of rotatable bonds is 7. The highest BCUT2D eigenvalue weighted by Crippen LogP contribution is 2.33. The lowest BCUT2D eigenvalue weighted by molar-refractivity contribution is 0.111. The fourth-order valence-corrected chi connectivity index (χ4v) is 2.95. The predicted molar refractivity (Wildman–Crippen MR) is 108 cm³/mol. The molecule has 0 bridgehead atoms. The third kappa shape index (κ3) is 3.83. The van der Waals surface area contributed by atoms with Gasteiger partial charge in [-0.3, -0.25) is 14.5 Å². The van der Waals surface area contributed by atoms with Gasteiger partial charge in [0.25, 0.3) is 0 Å². The third-order valence-corrected chi connectivity index (χ3v) is 4.42. The summed E-state index contributed by atoms with van der Waals surface area (Å²) in [6.07, 6.45) is 4.08. The lowest BCUT2D eigenvalue weighted by Gasteiger charge is -2.18. The van der Waals surface area contributed by atoms with Gasteiger partial charge in [0.2, 0.25) is 0 Å². The van der Waals surface area contributed by atoms with E-state index in [-0.39, 0.29) is 24.0 Å². The number of pyridine rings is 1. The van der Waals surface area contributed by atoms with Crippen molar-refractivity contribution in [2.75, 3.05) is 19.0 Å². The topological polar surface area (TPSA) is 80.5 Å². The van der Waals surface area contributed by atoms with Gasteiger partial charge in [-0.1, -0.05) is 6.07 Å². The van der Waals surface area contributed by atoms with Crippen LogP contribution in [0.4, 0.5) is 5.69 Å². The number of anilines is 1. The first-order valence-corrected chi connectivity index (χ1v) is 9.02. The Labute approximate surface area is 164 Å². The molecular formula is C21H24N4O3. The zero-order valence-corrected chi connectivity index (χ0v) is 16.5. The molecule has 0 aliphatic heterocycles. The number of carbonyl (C=O) groups excluding carboxylic acids is 1. The summed E-state index contributed by atoms with van der Waals surface area (Å²) >= 11 is 0. The van der Waals surface area contributed by atoms with Gasteiger partial charge in [0.15, 0.2) is 6.29 Å². The van der Waals surface area contributed by atoms with Gasteiger partial charge in [0.1, 0.15) is 18.1 Å². The van der Waals surface area contributed by atoms with Gasteiger partial charge in [-0.2, -0.15) is 5.10 Å². The smallest absolute Gasteiger partial charge is 0.157 e. The van der Waals surface area contributed by atoms with Crippen molar-refractivity contribution >= 4 is 12.0 Å². The molecule has 0 saturated heterocycles. The van der Waals surface area contributed by atoms with Crippen molar-refractivity contribution in [3.8, 4) is 22.9 Å². The molecule has 3 aromatic rings. The molecule has 0 aliphatic carbocycles. The molecule has 0 atom stereocenters. The molecule has 2 heterocycles. The van der Waals surface area contributed by atoms with Crippen LogP contribution in [0.2, 0.25) is 0 Å². The Bertz CT molecular complexity index is 980. The Morgan fingerprint density at radius 2 is 2.04 bits per heavy atom. The van der Waals surface area contributed by atoms with Gasteiger partial charge in [0.05, 0.1) is 17.0 Å². The predicted octanol–water partition coefficient (Wildman–Crippen LogP) is 3.69. The second-order valence-corrected chi connectivity index (χ2v) is 6.94. The molecule has 7 heteroatoms. The number of carbonyl (C=O) groups is 1. The maximum Gasteiger partial charge on any atom is 0.157 e. The summed E-state index contributed by atoms with van der Waals surface area (Å²) in [4.78, 5) is 17.8. The van der Waals surface area contributed by atoms with E-state index in [1.165, 1.54) is 6.07 Å². The normalized spacial score (nSPS) is 10.9. The monoisotopic (exact) mass is 380 g/mol. The minimum absolute atomic E-state index is 0.111. The van der Waals surface area contributed by atoms with Gasteiger partial charge >= 0.3 is 0 Å². The average Bonchev–Trinajstić information content (AvgIpc) is 3.16. The van der Waals surface area contributed by atoms with E-state index in [1.54, 1.807) is 18.5 Å². The summed E-state index contributed by atoms with van der Waals surface area (Å²) in [5.74, 6) is 0.214. The number of phenolic OH excluding ortho intramolecular Hbond substituents is 1. The van der Waals surface area contributed by atoms with Crippen LogP contribution in [0.5, 0.6) is 11.5 Å². The first-order valence-electron chi connectivity index (χ1n) is 9.02. The number of aromatic hydroxyl groups is 1. The first-order chi connectivity index (χ1) is 13.4. The summed E-state index contributed by atoms with van der Waals surface area (Å²) in [5, 5.41) is 14.5. The number of nitrogens with zero attached hydrogens (tertiary/aromatic N) is 4. The number of aldehydes is 1. The molecule has 0 unspecified atom stereocenters. The lowest BCUT2D eigenvalue weighted by Crippen LogP contribution is -2.10. The van der Waals surface area contributed by atoms with Gasteiger partial charge in [0, 0.05) is 55.9 Å². The third-order valence-electron chi connectivity index (χ3n) is 4.42. The highest BCUT2D eigenvalue weighted by atomic mass is 16.5. The number of ether oxygens (including phenoxy) is 1. The number of hydrogen-bond acceptors (Lipinski definition) is 6. The van der Waals surface area contributed by atoms with Crippen molar-refractivity contribution in [3.05, 3.63) is 53.9 Å². The van der Waals surface area contributed by atoms with E-state index >= 15 is 0 Å². The van der Waals surface area contributed by atoms with Gasteiger partial charge in [-0.15, -0.1) is 0 Å². The Hall–Kier alpha value is -3.35. The molecule has 7 nitrogen and oxygen atoms in total. The molecular weight excluding hydrogens is 356 g/mol. The molecule has 0 spiro atoms. The largest absolute Gasteiger partial charge is 0.507 e. The van der Waals surface area contributed by atoms with Gasteiger partial charge in [-0.25, -0.2) is 0 Å². The Kier molecular flexibility index (Phi) is 5.63. The molecule has 1 N–H and O–H groups in total. The van der Waals surface area contributed by atoms with Crippen LogP contribution in [0.25, 0.3) is 11.4 Å². The molecule has 3 rings (SSSR count). The fraction of sp³-hybridized carbons (Fsp3) is 0.286. The summed E-state index contributed by atoms with van der Waals surface area (Å²) in [6.45, 7) is 4.31. The molecule has 28 heavy (non-hydrogen) atoms. The quantitative estimate of drug-likeness (QED) is 0.630. The van der Waals surface area contributed by atoms with Crippen LogP contribution >= 0.6 is 0 Å². The zero-order valence-electron chi connectivity index (χ0n) is 16.5. The lowest BCUT2D eigenvalue weighted by atomic mass is 10.1. The first kappa shape index (κ1) is 19.4. The summed E-state index contributed by atoms with van der Waals surface area (Å²) < 4.78 is 7.84. The van der Waals surface area contributed by atoms with E-state index < -0.39 is 0 Å².